The summed E-state index contributed by atoms with van der Waals surface area (Å²) in [6.07, 6.45) is 1.82. The Labute approximate surface area is 119 Å². The Morgan fingerprint density at radius 1 is 1.39 bits per heavy atom. The second kappa shape index (κ2) is 6.31. The van der Waals surface area contributed by atoms with Crippen LogP contribution in [0.15, 0.2) is 39.0 Å². The molecule has 1 N–H and O–H groups in total. The number of nitrogens with zero attached hydrogens (tertiary/aromatic N) is 1. The van der Waals surface area contributed by atoms with E-state index in [0.717, 1.165) is 17.6 Å². The molecule has 2 aromatic heterocycles. The van der Waals surface area contributed by atoms with Gasteiger partial charge in [-0.3, -0.25) is 4.79 Å². The van der Waals surface area contributed by atoms with E-state index in [1.165, 1.54) is 10.4 Å². The molecule has 0 atom stereocenters. The summed E-state index contributed by atoms with van der Waals surface area (Å²) >= 11 is 5.13. The summed E-state index contributed by atoms with van der Waals surface area (Å²) in [7, 11) is 0. The molecule has 5 heteroatoms. The van der Waals surface area contributed by atoms with E-state index in [1.807, 2.05) is 6.20 Å². The Balaban J connectivity index is 1.84. The molecule has 0 saturated heterocycles. The molecule has 0 aliphatic rings. The third kappa shape index (κ3) is 3.54. The molecule has 96 valence electrons. The highest BCUT2D eigenvalue weighted by Gasteiger charge is 2.00. The first-order chi connectivity index (χ1) is 8.66. The third-order valence-electron chi connectivity index (χ3n) is 2.73. The number of thiophene rings is 1. The lowest BCUT2D eigenvalue weighted by molar-refractivity contribution is 0.586. The van der Waals surface area contributed by atoms with Gasteiger partial charge in [0.15, 0.2) is 0 Å². The van der Waals surface area contributed by atoms with Crippen molar-refractivity contribution in [3.05, 3.63) is 55.0 Å². The van der Waals surface area contributed by atoms with Gasteiger partial charge in [0.25, 0.3) is 5.56 Å². The van der Waals surface area contributed by atoms with Gasteiger partial charge >= 0.3 is 0 Å². The van der Waals surface area contributed by atoms with Crippen LogP contribution in [0, 0.1) is 6.92 Å². The van der Waals surface area contributed by atoms with Gasteiger partial charge in [-0.25, -0.2) is 0 Å². The van der Waals surface area contributed by atoms with Crippen LogP contribution in [0.25, 0.3) is 0 Å². The van der Waals surface area contributed by atoms with Crippen molar-refractivity contribution in [1.29, 1.82) is 0 Å². The van der Waals surface area contributed by atoms with Crippen LogP contribution in [0.4, 0.5) is 0 Å². The maximum absolute atomic E-state index is 11.6. The SMILES string of the molecule is Cc1ccsc1CNCCn1cc(Br)ccc1=O. The Bertz CT molecular complexity index is 576. The van der Waals surface area contributed by atoms with Crippen molar-refractivity contribution in [1.82, 2.24) is 9.88 Å². The molecule has 0 fully saturated rings. The van der Waals surface area contributed by atoms with E-state index in [0.29, 0.717) is 6.54 Å². The minimum absolute atomic E-state index is 0.0345. The first-order valence-corrected chi connectivity index (χ1v) is 7.44. The zero-order chi connectivity index (χ0) is 13.0. The van der Waals surface area contributed by atoms with Gasteiger partial charge in [0.05, 0.1) is 0 Å². The molecular weight excluding hydrogens is 312 g/mol. The molecule has 2 rings (SSSR count). The highest BCUT2D eigenvalue weighted by molar-refractivity contribution is 9.10. The number of aryl methyl sites for hydroxylation is 1. The summed E-state index contributed by atoms with van der Waals surface area (Å²) < 4.78 is 2.63. The molecule has 18 heavy (non-hydrogen) atoms. The van der Waals surface area contributed by atoms with Gasteiger partial charge in [-0.1, -0.05) is 0 Å². The van der Waals surface area contributed by atoms with E-state index < -0.39 is 0 Å². The Kier molecular flexibility index (Phi) is 4.74. The van der Waals surface area contributed by atoms with Crippen LogP contribution in [0.5, 0.6) is 0 Å². The molecule has 0 aliphatic heterocycles. The van der Waals surface area contributed by atoms with Gasteiger partial charge in [0.2, 0.25) is 0 Å². The average molecular weight is 327 g/mol. The van der Waals surface area contributed by atoms with E-state index >= 15 is 0 Å². The smallest absolute Gasteiger partial charge is 0.250 e. The zero-order valence-electron chi connectivity index (χ0n) is 10.1. The van der Waals surface area contributed by atoms with Gasteiger partial charge in [0, 0.05) is 41.2 Å². The van der Waals surface area contributed by atoms with Gasteiger partial charge in [-0.15, -0.1) is 11.3 Å². The van der Waals surface area contributed by atoms with Crippen LogP contribution in [-0.4, -0.2) is 11.1 Å². The van der Waals surface area contributed by atoms with Crippen molar-refractivity contribution in [3.8, 4) is 0 Å². The molecule has 2 aromatic rings. The molecule has 0 unspecified atom stereocenters. The van der Waals surface area contributed by atoms with Crippen molar-refractivity contribution < 1.29 is 0 Å². The molecule has 0 radical (unpaired) electrons. The molecule has 0 bridgehead atoms. The second-order valence-corrected chi connectivity index (χ2v) is 6.00. The Morgan fingerprint density at radius 2 is 2.22 bits per heavy atom. The highest BCUT2D eigenvalue weighted by atomic mass is 79.9. The van der Waals surface area contributed by atoms with E-state index in [4.69, 9.17) is 0 Å². The number of hydrogen-bond donors (Lipinski definition) is 1. The molecule has 0 spiro atoms. The summed E-state index contributed by atoms with van der Waals surface area (Å²) in [5.41, 5.74) is 1.36. The number of rotatable bonds is 5. The molecule has 2 heterocycles. The van der Waals surface area contributed by atoms with Crippen LogP contribution in [0.3, 0.4) is 0 Å². The number of halogens is 1. The lowest BCUT2D eigenvalue weighted by atomic mass is 10.3. The lowest BCUT2D eigenvalue weighted by Crippen LogP contribution is -2.25. The summed E-state index contributed by atoms with van der Waals surface area (Å²) in [5, 5.41) is 5.46. The maximum Gasteiger partial charge on any atom is 0.250 e. The number of aromatic nitrogens is 1. The minimum Gasteiger partial charge on any atom is -0.313 e. The van der Waals surface area contributed by atoms with Crippen molar-refractivity contribution in [3.63, 3.8) is 0 Å². The fraction of sp³-hybridized carbons (Fsp3) is 0.308. The minimum atomic E-state index is 0.0345. The van der Waals surface area contributed by atoms with Crippen molar-refractivity contribution in [2.45, 2.75) is 20.0 Å². The van der Waals surface area contributed by atoms with Gasteiger partial charge in [-0.05, 0) is 45.9 Å². The van der Waals surface area contributed by atoms with E-state index in [9.17, 15) is 4.79 Å². The molecule has 0 amide bonds. The molecule has 3 nitrogen and oxygen atoms in total. The largest absolute Gasteiger partial charge is 0.313 e. The Hall–Kier alpha value is -0.910. The first-order valence-electron chi connectivity index (χ1n) is 5.76. The molecule has 0 aromatic carbocycles. The van der Waals surface area contributed by atoms with E-state index in [-0.39, 0.29) is 5.56 Å². The number of nitrogens with one attached hydrogen (secondary N) is 1. The number of hydrogen-bond acceptors (Lipinski definition) is 3. The van der Waals surface area contributed by atoms with Crippen LogP contribution in [0.2, 0.25) is 0 Å². The topological polar surface area (TPSA) is 34.0 Å². The molecule has 0 saturated carbocycles. The lowest BCUT2D eigenvalue weighted by Gasteiger charge is -2.07. The monoisotopic (exact) mass is 326 g/mol. The van der Waals surface area contributed by atoms with Crippen molar-refractivity contribution >= 4 is 27.3 Å². The summed E-state index contributed by atoms with van der Waals surface area (Å²) in [4.78, 5) is 12.9. The standard InChI is InChI=1S/C13H15BrN2OS/c1-10-4-7-18-12(10)8-15-5-6-16-9-11(14)2-3-13(16)17/h2-4,7,9,15H,5-6,8H2,1H3. The van der Waals surface area contributed by atoms with Crippen LogP contribution in [0.1, 0.15) is 10.4 Å². The van der Waals surface area contributed by atoms with Gasteiger partial charge in [-0.2, -0.15) is 0 Å². The second-order valence-electron chi connectivity index (χ2n) is 4.08. The highest BCUT2D eigenvalue weighted by Crippen LogP contribution is 2.14. The third-order valence-corrected chi connectivity index (χ3v) is 4.22. The Morgan fingerprint density at radius 3 is 2.94 bits per heavy atom. The van der Waals surface area contributed by atoms with Crippen molar-refractivity contribution in [2.75, 3.05) is 6.54 Å². The van der Waals surface area contributed by atoms with Crippen LogP contribution in [-0.2, 0) is 13.1 Å². The molecule has 0 aliphatic carbocycles. The van der Waals surface area contributed by atoms with Crippen molar-refractivity contribution in [2.24, 2.45) is 0 Å². The van der Waals surface area contributed by atoms with Crippen LogP contribution < -0.4 is 10.9 Å². The zero-order valence-corrected chi connectivity index (χ0v) is 12.6. The average Bonchev–Trinajstić information content (AvgIpc) is 2.75. The fourth-order valence-electron chi connectivity index (χ4n) is 1.66. The van der Waals surface area contributed by atoms with E-state index in [2.05, 4.69) is 39.6 Å². The summed E-state index contributed by atoms with van der Waals surface area (Å²) in [6.45, 7) is 4.45. The first kappa shape index (κ1) is 13.5. The molecular formula is C13H15BrN2OS. The summed E-state index contributed by atoms with van der Waals surface area (Å²) in [5.74, 6) is 0. The van der Waals surface area contributed by atoms with E-state index in [1.54, 1.807) is 28.0 Å². The fourth-order valence-corrected chi connectivity index (χ4v) is 2.92. The number of pyridine rings is 1. The van der Waals surface area contributed by atoms with Gasteiger partial charge in [0.1, 0.15) is 0 Å². The predicted molar refractivity (Wildman–Crippen MR) is 79.2 cm³/mol. The summed E-state index contributed by atoms with van der Waals surface area (Å²) in [6, 6.07) is 5.47. The van der Waals surface area contributed by atoms with Gasteiger partial charge < -0.3 is 9.88 Å². The van der Waals surface area contributed by atoms with Crippen LogP contribution >= 0.6 is 27.3 Å². The predicted octanol–water partition coefficient (Wildman–Crippen LogP) is 2.77. The maximum atomic E-state index is 11.6. The normalized spacial score (nSPS) is 10.8. The quantitative estimate of drug-likeness (QED) is 0.857.